The zero-order valence-corrected chi connectivity index (χ0v) is 11.7. The molecule has 18 heavy (non-hydrogen) atoms. The van der Waals surface area contributed by atoms with Crippen LogP contribution in [0.5, 0.6) is 0 Å². The monoisotopic (exact) mass is 269 g/mol. The van der Waals surface area contributed by atoms with Gasteiger partial charge in [0.1, 0.15) is 5.82 Å². The lowest BCUT2D eigenvalue weighted by Gasteiger charge is -2.17. The topological polar surface area (TPSA) is 35.2 Å². The van der Waals surface area contributed by atoms with E-state index in [4.69, 9.17) is 10.5 Å². The molecule has 1 aliphatic heterocycles. The normalized spacial score (nSPS) is 25.3. The lowest BCUT2D eigenvalue weighted by molar-refractivity contribution is 0.127. The smallest absolute Gasteiger partial charge is 0.123 e. The molecule has 1 aliphatic rings. The summed E-state index contributed by atoms with van der Waals surface area (Å²) in [6.07, 6.45) is 2.03. The largest absolute Gasteiger partial charge is 0.377 e. The maximum Gasteiger partial charge on any atom is 0.123 e. The summed E-state index contributed by atoms with van der Waals surface area (Å²) in [7, 11) is 0. The van der Waals surface area contributed by atoms with Crippen LogP contribution in [0.15, 0.2) is 23.1 Å². The zero-order chi connectivity index (χ0) is 13.1. The molecule has 1 heterocycles. The first kappa shape index (κ1) is 13.8. The number of halogens is 1. The van der Waals surface area contributed by atoms with Crippen molar-refractivity contribution >= 4 is 11.8 Å². The first-order chi connectivity index (χ1) is 8.56. The molecule has 0 bridgehead atoms. The zero-order valence-electron chi connectivity index (χ0n) is 10.9. The van der Waals surface area contributed by atoms with Crippen LogP contribution in [0, 0.1) is 5.82 Å². The predicted molar refractivity (Wildman–Crippen MR) is 73.4 cm³/mol. The SMILES string of the molecule is CC(N)Cc1cc(F)ccc1SC1CCOC1C. The van der Waals surface area contributed by atoms with Gasteiger partial charge < -0.3 is 10.5 Å². The molecule has 1 aromatic carbocycles. The second-order valence-corrected chi connectivity index (χ2v) is 6.24. The van der Waals surface area contributed by atoms with Crippen molar-refractivity contribution in [3.05, 3.63) is 29.6 Å². The standard InChI is InChI=1S/C14H20FNOS/c1-9(16)7-11-8-12(15)3-4-14(11)18-13-5-6-17-10(13)2/h3-4,8-10,13H,5-7,16H2,1-2H3. The van der Waals surface area contributed by atoms with Crippen LogP contribution < -0.4 is 5.73 Å². The molecule has 0 spiro atoms. The van der Waals surface area contributed by atoms with Gasteiger partial charge in [-0.15, -0.1) is 11.8 Å². The second-order valence-electron chi connectivity index (χ2n) is 4.95. The highest BCUT2D eigenvalue weighted by Crippen LogP contribution is 2.35. The van der Waals surface area contributed by atoms with Gasteiger partial charge in [0, 0.05) is 22.8 Å². The van der Waals surface area contributed by atoms with Crippen LogP contribution in [-0.4, -0.2) is 24.0 Å². The van der Waals surface area contributed by atoms with Crippen LogP contribution >= 0.6 is 11.8 Å². The third kappa shape index (κ3) is 3.46. The Morgan fingerprint density at radius 3 is 2.94 bits per heavy atom. The maximum atomic E-state index is 13.3. The highest BCUT2D eigenvalue weighted by atomic mass is 32.2. The van der Waals surface area contributed by atoms with Gasteiger partial charge in [0.25, 0.3) is 0 Å². The number of benzene rings is 1. The van der Waals surface area contributed by atoms with E-state index in [2.05, 4.69) is 6.92 Å². The molecule has 2 N–H and O–H groups in total. The number of nitrogens with two attached hydrogens (primary N) is 1. The van der Waals surface area contributed by atoms with Crippen molar-refractivity contribution < 1.29 is 9.13 Å². The van der Waals surface area contributed by atoms with E-state index < -0.39 is 0 Å². The van der Waals surface area contributed by atoms with E-state index in [1.807, 2.05) is 13.0 Å². The lowest BCUT2D eigenvalue weighted by atomic mass is 10.1. The molecule has 2 rings (SSSR count). The number of ether oxygens (including phenoxy) is 1. The van der Waals surface area contributed by atoms with Gasteiger partial charge in [0.05, 0.1) is 6.10 Å². The quantitative estimate of drug-likeness (QED) is 0.912. The Morgan fingerprint density at radius 2 is 2.33 bits per heavy atom. The van der Waals surface area contributed by atoms with Gasteiger partial charge >= 0.3 is 0 Å². The first-order valence-corrected chi connectivity index (χ1v) is 7.26. The van der Waals surface area contributed by atoms with Crippen LogP contribution in [0.4, 0.5) is 4.39 Å². The van der Waals surface area contributed by atoms with Crippen molar-refractivity contribution in [1.29, 1.82) is 0 Å². The molecule has 2 nitrogen and oxygen atoms in total. The van der Waals surface area contributed by atoms with Crippen molar-refractivity contribution in [1.82, 2.24) is 0 Å². The molecule has 0 amide bonds. The molecule has 0 aliphatic carbocycles. The van der Waals surface area contributed by atoms with Gasteiger partial charge in [-0.1, -0.05) is 0 Å². The van der Waals surface area contributed by atoms with Crippen LogP contribution in [0.1, 0.15) is 25.8 Å². The van der Waals surface area contributed by atoms with E-state index in [1.54, 1.807) is 17.8 Å². The molecule has 1 saturated heterocycles. The van der Waals surface area contributed by atoms with E-state index in [1.165, 1.54) is 6.07 Å². The van der Waals surface area contributed by atoms with Gasteiger partial charge in [0.2, 0.25) is 0 Å². The minimum atomic E-state index is -0.189. The van der Waals surface area contributed by atoms with E-state index >= 15 is 0 Å². The van der Waals surface area contributed by atoms with E-state index in [-0.39, 0.29) is 18.0 Å². The average Bonchev–Trinajstić information content (AvgIpc) is 2.67. The first-order valence-electron chi connectivity index (χ1n) is 6.38. The van der Waals surface area contributed by atoms with Crippen molar-refractivity contribution in [3.8, 4) is 0 Å². The fourth-order valence-electron chi connectivity index (χ4n) is 2.20. The van der Waals surface area contributed by atoms with E-state index in [9.17, 15) is 4.39 Å². The van der Waals surface area contributed by atoms with Gasteiger partial charge in [-0.25, -0.2) is 4.39 Å². The molecule has 3 unspecified atom stereocenters. The molecule has 0 saturated carbocycles. The summed E-state index contributed by atoms with van der Waals surface area (Å²) in [4.78, 5) is 1.14. The summed E-state index contributed by atoms with van der Waals surface area (Å²) in [6, 6.07) is 5.03. The van der Waals surface area contributed by atoms with Crippen molar-refractivity contribution in [3.63, 3.8) is 0 Å². The maximum absolute atomic E-state index is 13.3. The lowest BCUT2D eigenvalue weighted by Crippen LogP contribution is -2.19. The van der Waals surface area contributed by atoms with Crippen molar-refractivity contribution in [2.24, 2.45) is 5.73 Å². The highest BCUT2D eigenvalue weighted by molar-refractivity contribution is 8.00. The minimum absolute atomic E-state index is 0.0448. The average molecular weight is 269 g/mol. The molecule has 1 aromatic rings. The molecular formula is C14H20FNOS. The van der Waals surface area contributed by atoms with E-state index in [0.29, 0.717) is 11.7 Å². The number of rotatable bonds is 4. The molecule has 3 atom stereocenters. The Kier molecular flexibility index (Phi) is 4.65. The number of hydrogen-bond acceptors (Lipinski definition) is 3. The summed E-state index contributed by atoms with van der Waals surface area (Å²) in [5.74, 6) is -0.189. The second kappa shape index (κ2) is 6.04. The third-order valence-electron chi connectivity index (χ3n) is 3.15. The summed E-state index contributed by atoms with van der Waals surface area (Å²) in [5.41, 5.74) is 6.83. The third-order valence-corrected chi connectivity index (χ3v) is 4.72. The van der Waals surface area contributed by atoms with Gasteiger partial charge in [0.15, 0.2) is 0 Å². The Balaban J connectivity index is 2.15. The summed E-state index contributed by atoms with van der Waals surface area (Å²) < 4.78 is 18.9. The van der Waals surface area contributed by atoms with Crippen molar-refractivity contribution in [2.75, 3.05) is 6.61 Å². The van der Waals surface area contributed by atoms with Gasteiger partial charge in [-0.05, 0) is 50.5 Å². The summed E-state index contributed by atoms with van der Waals surface area (Å²) in [5, 5.41) is 0.460. The number of hydrogen-bond donors (Lipinski definition) is 1. The van der Waals surface area contributed by atoms with Gasteiger partial charge in [-0.3, -0.25) is 0 Å². The Labute approximate surface area is 112 Å². The molecule has 0 aromatic heterocycles. The molecular weight excluding hydrogens is 249 g/mol. The number of thioether (sulfide) groups is 1. The summed E-state index contributed by atoms with van der Waals surface area (Å²) in [6.45, 7) is 4.86. The van der Waals surface area contributed by atoms with E-state index in [0.717, 1.165) is 23.5 Å². The van der Waals surface area contributed by atoms with Crippen LogP contribution in [0.3, 0.4) is 0 Å². The molecule has 100 valence electrons. The minimum Gasteiger partial charge on any atom is -0.377 e. The Morgan fingerprint density at radius 1 is 1.56 bits per heavy atom. The van der Waals surface area contributed by atoms with Crippen LogP contribution in [0.2, 0.25) is 0 Å². The predicted octanol–water partition coefficient (Wildman–Crippen LogP) is 2.98. The fraction of sp³-hybridized carbons (Fsp3) is 0.571. The van der Waals surface area contributed by atoms with Crippen LogP contribution in [0.25, 0.3) is 0 Å². The molecule has 0 radical (unpaired) electrons. The fourth-order valence-corrected chi connectivity index (χ4v) is 3.45. The molecule has 4 heteroatoms. The van der Waals surface area contributed by atoms with Gasteiger partial charge in [-0.2, -0.15) is 0 Å². The highest BCUT2D eigenvalue weighted by Gasteiger charge is 2.26. The summed E-state index contributed by atoms with van der Waals surface area (Å²) >= 11 is 1.79. The Hall–Kier alpha value is -0.580. The van der Waals surface area contributed by atoms with Crippen LogP contribution in [-0.2, 0) is 11.2 Å². The van der Waals surface area contributed by atoms with Crippen molar-refractivity contribution in [2.45, 2.75) is 49.0 Å². The Bertz CT molecular complexity index is 411. The molecule has 1 fully saturated rings.